The Labute approximate surface area is 226 Å². The normalized spacial score (nSPS) is 13.4. The van der Waals surface area contributed by atoms with Crippen molar-refractivity contribution in [2.45, 2.75) is 26.3 Å². The average molecular weight is 542 g/mol. The number of amides is 1. The van der Waals surface area contributed by atoms with Crippen LogP contribution in [0, 0.1) is 11.3 Å². The second-order valence-corrected chi connectivity index (χ2v) is 9.22. The smallest absolute Gasteiger partial charge is 0.395 e. The summed E-state index contributed by atoms with van der Waals surface area (Å²) in [6.45, 7) is 1.99. The second-order valence-electron chi connectivity index (χ2n) is 9.22. The number of nitrogens with zero attached hydrogens (tertiary/aromatic N) is 5. The fourth-order valence-electron chi connectivity index (χ4n) is 5.01. The quantitative estimate of drug-likeness (QED) is 0.310. The summed E-state index contributed by atoms with van der Waals surface area (Å²) in [6.07, 6.45) is -2.22. The topological polar surface area (TPSA) is 102 Å². The number of benzene rings is 3. The highest BCUT2D eigenvalue weighted by Crippen LogP contribution is 2.42. The lowest BCUT2D eigenvalue weighted by atomic mass is 10.1. The Morgan fingerprint density at radius 3 is 2.65 bits per heavy atom. The SMILES string of the molecule is CCN(C(=O)Cn1ncc2c(c1=O)c1ccccc1n2Cc1cccc(C#N)c1)c1ccc2c(c1)OC(F)(F)O2. The van der Waals surface area contributed by atoms with E-state index in [0.29, 0.717) is 34.1 Å². The summed E-state index contributed by atoms with van der Waals surface area (Å²) in [5, 5.41) is 14.7. The predicted molar refractivity (Wildman–Crippen MR) is 142 cm³/mol. The Hall–Kier alpha value is -5.24. The number of carbonyl (C=O) groups excluding carboxylic acids is 1. The van der Waals surface area contributed by atoms with Crippen molar-refractivity contribution >= 4 is 33.4 Å². The zero-order chi connectivity index (χ0) is 28.0. The van der Waals surface area contributed by atoms with Gasteiger partial charge in [-0.3, -0.25) is 9.59 Å². The third kappa shape index (κ3) is 4.29. The van der Waals surface area contributed by atoms with E-state index < -0.39 is 17.8 Å². The van der Waals surface area contributed by atoms with Crippen molar-refractivity contribution in [3.8, 4) is 17.6 Å². The molecular weight excluding hydrogens is 520 g/mol. The molecule has 11 heteroatoms. The fourth-order valence-corrected chi connectivity index (χ4v) is 5.01. The Morgan fingerprint density at radius 2 is 1.85 bits per heavy atom. The fraction of sp³-hybridized carbons (Fsp3) is 0.172. The summed E-state index contributed by atoms with van der Waals surface area (Å²) >= 11 is 0. The molecule has 0 saturated carbocycles. The molecule has 0 aliphatic carbocycles. The lowest BCUT2D eigenvalue weighted by molar-refractivity contribution is -0.286. The average Bonchev–Trinajstić information content (AvgIpc) is 3.43. The molecule has 40 heavy (non-hydrogen) atoms. The summed E-state index contributed by atoms with van der Waals surface area (Å²) in [7, 11) is 0. The largest absolute Gasteiger partial charge is 0.586 e. The van der Waals surface area contributed by atoms with Gasteiger partial charge in [-0.05, 0) is 42.8 Å². The number of hydrogen-bond donors (Lipinski definition) is 0. The van der Waals surface area contributed by atoms with Crippen LogP contribution in [-0.2, 0) is 17.9 Å². The molecule has 0 saturated heterocycles. The molecule has 3 heterocycles. The minimum atomic E-state index is -3.77. The van der Waals surface area contributed by atoms with Crippen LogP contribution in [0.3, 0.4) is 0 Å². The van der Waals surface area contributed by atoms with Crippen LogP contribution in [0.25, 0.3) is 21.8 Å². The molecule has 0 spiro atoms. The van der Waals surface area contributed by atoms with Crippen LogP contribution in [0.2, 0.25) is 0 Å². The van der Waals surface area contributed by atoms with Crippen molar-refractivity contribution in [2.75, 3.05) is 11.4 Å². The molecule has 5 aromatic rings. The third-order valence-corrected chi connectivity index (χ3v) is 6.77. The van der Waals surface area contributed by atoms with Gasteiger partial charge in [0.25, 0.3) is 5.56 Å². The maximum Gasteiger partial charge on any atom is 0.586 e. The van der Waals surface area contributed by atoms with Gasteiger partial charge >= 0.3 is 6.29 Å². The summed E-state index contributed by atoms with van der Waals surface area (Å²) < 4.78 is 38.9. The molecule has 0 atom stereocenters. The summed E-state index contributed by atoms with van der Waals surface area (Å²) in [5.74, 6) is -0.769. The first-order valence-corrected chi connectivity index (χ1v) is 12.4. The standard InChI is InChI=1S/C29H21F2N5O4/c1-2-34(20-10-11-24-25(13-20)40-29(30,31)39-24)26(37)17-36-28(38)27-21-8-3-4-9-22(21)35(23(27)15-33-36)16-19-7-5-6-18(12-19)14-32/h3-13,15H,2,16-17H2,1H3. The molecule has 1 aliphatic rings. The van der Waals surface area contributed by atoms with E-state index >= 15 is 0 Å². The number of alkyl halides is 2. The number of anilines is 1. The second kappa shape index (κ2) is 9.50. The molecule has 200 valence electrons. The monoisotopic (exact) mass is 541 g/mol. The van der Waals surface area contributed by atoms with E-state index in [2.05, 4.69) is 20.6 Å². The number of nitriles is 1. The van der Waals surface area contributed by atoms with Gasteiger partial charge in [-0.2, -0.15) is 10.4 Å². The Morgan fingerprint density at radius 1 is 1.05 bits per heavy atom. The van der Waals surface area contributed by atoms with Crippen molar-refractivity contribution in [1.82, 2.24) is 14.3 Å². The number of para-hydroxylation sites is 1. The summed E-state index contributed by atoms with van der Waals surface area (Å²) in [4.78, 5) is 28.3. The highest BCUT2D eigenvalue weighted by molar-refractivity contribution is 6.07. The van der Waals surface area contributed by atoms with E-state index in [1.165, 1.54) is 23.1 Å². The van der Waals surface area contributed by atoms with Gasteiger partial charge < -0.3 is 18.9 Å². The van der Waals surface area contributed by atoms with Crippen molar-refractivity contribution in [3.63, 3.8) is 0 Å². The van der Waals surface area contributed by atoms with Crippen molar-refractivity contribution < 1.29 is 23.0 Å². The summed E-state index contributed by atoms with van der Waals surface area (Å²) in [5.41, 5.74) is 2.72. The lowest BCUT2D eigenvalue weighted by Crippen LogP contribution is -2.37. The molecule has 9 nitrogen and oxygen atoms in total. The maximum absolute atomic E-state index is 13.7. The van der Waals surface area contributed by atoms with Crippen molar-refractivity contribution in [1.29, 1.82) is 5.26 Å². The predicted octanol–water partition coefficient (Wildman–Crippen LogP) is 4.65. The molecule has 2 aromatic heterocycles. The van der Waals surface area contributed by atoms with E-state index in [4.69, 9.17) is 0 Å². The minimum Gasteiger partial charge on any atom is -0.395 e. The van der Waals surface area contributed by atoms with Gasteiger partial charge in [0.05, 0.1) is 28.7 Å². The molecule has 0 radical (unpaired) electrons. The van der Waals surface area contributed by atoms with Crippen LogP contribution in [0.4, 0.5) is 14.5 Å². The molecule has 0 unspecified atom stereocenters. The van der Waals surface area contributed by atoms with Gasteiger partial charge in [-0.1, -0.05) is 30.3 Å². The van der Waals surface area contributed by atoms with Crippen LogP contribution >= 0.6 is 0 Å². The van der Waals surface area contributed by atoms with Crippen LogP contribution in [0.15, 0.2) is 77.7 Å². The van der Waals surface area contributed by atoms with E-state index in [-0.39, 0.29) is 24.6 Å². The third-order valence-electron chi connectivity index (χ3n) is 6.77. The molecule has 3 aromatic carbocycles. The molecule has 0 bridgehead atoms. The van der Waals surface area contributed by atoms with Crippen LogP contribution in [0.5, 0.6) is 11.5 Å². The number of aromatic nitrogens is 3. The number of hydrogen-bond acceptors (Lipinski definition) is 6. The number of carbonyl (C=O) groups is 1. The maximum atomic E-state index is 13.7. The van der Waals surface area contributed by atoms with Crippen molar-refractivity contribution in [3.05, 3.63) is 94.4 Å². The number of halogens is 2. The highest BCUT2D eigenvalue weighted by atomic mass is 19.3. The Balaban J connectivity index is 1.35. The zero-order valence-corrected chi connectivity index (χ0v) is 21.2. The number of fused-ring (bicyclic) bond motifs is 4. The van der Waals surface area contributed by atoms with E-state index in [1.54, 1.807) is 25.3 Å². The first kappa shape index (κ1) is 25.1. The van der Waals surface area contributed by atoms with Crippen LogP contribution in [-0.4, -0.2) is 33.1 Å². The molecular formula is C29H21F2N5O4. The van der Waals surface area contributed by atoms with Gasteiger partial charge in [0.15, 0.2) is 11.5 Å². The van der Waals surface area contributed by atoms with E-state index in [1.807, 2.05) is 41.0 Å². The van der Waals surface area contributed by atoms with Gasteiger partial charge in [0.1, 0.15) is 6.54 Å². The Kier molecular flexibility index (Phi) is 5.95. The Bertz CT molecular complexity index is 1910. The van der Waals surface area contributed by atoms with E-state index in [0.717, 1.165) is 15.8 Å². The molecule has 0 N–H and O–H groups in total. The first-order chi connectivity index (χ1) is 19.3. The number of ether oxygens (including phenoxy) is 2. The summed E-state index contributed by atoms with van der Waals surface area (Å²) in [6, 6.07) is 20.9. The number of likely N-dealkylation sites (N-methyl/N-ethyl adjacent to an activating group) is 1. The van der Waals surface area contributed by atoms with E-state index in [9.17, 15) is 23.6 Å². The first-order valence-electron chi connectivity index (χ1n) is 12.4. The zero-order valence-electron chi connectivity index (χ0n) is 21.2. The molecule has 0 fully saturated rings. The van der Waals surface area contributed by atoms with Gasteiger partial charge in [0, 0.05) is 35.7 Å². The minimum absolute atomic E-state index is 0.128. The van der Waals surface area contributed by atoms with Gasteiger partial charge in [-0.15, -0.1) is 8.78 Å². The van der Waals surface area contributed by atoms with Crippen LogP contribution in [0.1, 0.15) is 18.1 Å². The highest BCUT2D eigenvalue weighted by Gasteiger charge is 2.43. The van der Waals surface area contributed by atoms with Gasteiger partial charge in [-0.25, -0.2) is 4.68 Å². The molecule has 1 aliphatic heterocycles. The van der Waals surface area contributed by atoms with Gasteiger partial charge in [0.2, 0.25) is 5.91 Å². The van der Waals surface area contributed by atoms with Crippen molar-refractivity contribution in [2.24, 2.45) is 0 Å². The van der Waals surface area contributed by atoms with Crippen LogP contribution < -0.4 is 19.9 Å². The lowest BCUT2D eigenvalue weighted by Gasteiger charge is -2.21. The molecule has 6 rings (SSSR count). The number of rotatable bonds is 6. The molecule has 1 amide bonds.